The van der Waals surface area contributed by atoms with Crippen LogP contribution in [0, 0.1) is 5.82 Å². The lowest BCUT2D eigenvalue weighted by Gasteiger charge is -2.05. The summed E-state index contributed by atoms with van der Waals surface area (Å²) in [4.78, 5) is 16.7. The van der Waals surface area contributed by atoms with Crippen molar-refractivity contribution in [2.24, 2.45) is 0 Å². The highest BCUT2D eigenvalue weighted by atomic mass is 79.9. The molecule has 0 aliphatic heterocycles. The summed E-state index contributed by atoms with van der Waals surface area (Å²) >= 11 is 4.49. The number of amides is 1. The zero-order valence-electron chi connectivity index (χ0n) is 12.7. The molecule has 1 heterocycles. The quantitative estimate of drug-likeness (QED) is 0.689. The molecule has 0 spiro atoms. The predicted molar refractivity (Wildman–Crippen MR) is 94.8 cm³/mol. The van der Waals surface area contributed by atoms with E-state index in [9.17, 15) is 9.18 Å². The van der Waals surface area contributed by atoms with Crippen molar-refractivity contribution in [3.05, 3.63) is 46.2 Å². The summed E-state index contributed by atoms with van der Waals surface area (Å²) in [6, 6.07) is 7.42. The Morgan fingerprint density at radius 3 is 2.58 bits per heavy atom. The maximum absolute atomic E-state index is 13.1. The van der Waals surface area contributed by atoms with Crippen LogP contribution in [0.15, 0.2) is 34.8 Å². The predicted octanol–water partition coefficient (Wildman–Crippen LogP) is 4.47. The summed E-state index contributed by atoms with van der Waals surface area (Å²) in [5.41, 5.74) is 1.01. The highest BCUT2D eigenvalue weighted by Gasteiger charge is 2.15. The average Bonchev–Trinajstić information content (AvgIpc) is 2.94. The molecule has 0 bridgehead atoms. The molecule has 1 amide bonds. The van der Waals surface area contributed by atoms with Crippen LogP contribution in [-0.4, -0.2) is 25.1 Å². The Kier molecular flexibility index (Phi) is 4.68. The second kappa shape index (κ2) is 6.74. The number of hydrogen-bond acceptors (Lipinski definition) is 5. The van der Waals surface area contributed by atoms with Gasteiger partial charge in [0.2, 0.25) is 0 Å². The van der Waals surface area contributed by atoms with Gasteiger partial charge >= 0.3 is 0 Å². The third kappa shape index (κ3) is 3.20. The van der Waals surface area contributed by atoms with Crippen molar-refractivity contribution in [1.29, 1.82) is 0 Å². The van der Waals surface area contributed by atoms with Gasteiger partial charge in [0.05, 0.1) is 30.0 Å². The monoisotopic (exact) mass is 410 g/mol. The smallest absolute Gasteiger partial charge is 0.258 e. The van der Waals surface area contributed by atoms with E-state index in [1.54, 1.807) is 26.4 Å². The molecule has 3 aromatic rings. The third-order valence-corrected chi connectivity index (χ3v) is 4.88. The van der Waals surface area contributed by atoms with Crippen molar-refractivity contribution in [3.63, 3.8) is 0 Å². The van der Waals surface area contributed by atoms with E-state index in [1.807, 2.05) is 0 Å². The number of nitrogens with zero attached hydrogens (tertiary/aromatic N) is 1. The Hall–Kier alpha value is -2.19. The van der Waals surface area contributed by atoms with E-state index < -0.39 is 5.82 Å². The minimum absolute atomic E-state index is 0.325. The number of nitrogens with one attached hydrogen (secondary N) is 1. The maximum Gasteiger partial charge on any atom is 0.258 e. The molecule has 8 heteroatoms. The lowest BCUT2D eigenvalue weighted by atomic mass is 10.2. The van der Waals surface area contributed by atoms with Crippen molar-refractivity contribution < 1.29 is 18.7 Å². The Labute approximate surface area is 149 Å². The fraction of sp³-hybridized carbons (Fsp3) is 0.125. The molecule has 0 fully saturated rings. The van der Waals surface area contributed by atoms with Crippen molar-refractivity contribution in [2.45, 2.75) is 0 Å². The third-order valence-electron chi connectivity index (χ3n) is 3.29. The van der Waals surface area contributed by atoms with Gasteiger partial charge in [-0.3, -0.25) is 10.1 Å². The number of aromatic nitrogens is 1. The fourth-order valence-electron chi connectivity index (χ4n) is 2.15. The van der Waals surface area contributed by atoms with Gasteiger partial charge in [-0.2, -0.15) is 0 Å². The minimum atomic E-state index is -0.419. The van der Waals surface area contributed by atoms with Gasteiger partial charge in [0.1, 0.15) is 5.82 Å². The van der Waals surface area contributed by atoms with E-state index in [-0.39, 0.29) is 5.91 Å². The number of thiazole rings is 1. The SMILES string of the molecule is COc1cc2nc(NC(=O)c3ccc(F)cc3Br)sc2cc1OC. The van der Waals surface area contributed by atoms with Gasteiger partial charge in [-0.15, -0.1) is 0 Å². The number of fused-ring (bicyclic) bond motifs is 1. The van der Waals surface area contributed by atoms with Crippen molar-refractivity contribution in [3.8, 4) is 11.5 Å². The molecule has 0 saturated heterocycles. The Balaban J connectivity index is 1.91. The zero-order valence-corrected chi connectivity index (χ0v) is 15.1. The standard InChI is InChI=1S/C16H12BrFN2O3S/c1-22-12-6-11-14(7-13(12)23-2)24-16(19-11)20-15(21)9-4-3-8(18)5-10(9)17/h3-7H,1-2H3,(H,19,20,21). The number of carbonyl (C=O) groups is 1. The highest BCUT2D eigenvalue weighted by molar-refractivity contribution is 9.10. The Morgan fingerprint density at radius 2 is 1.92 bits per heavy atom. The summed E-state index contributed by atoms with van der Waals surface area (Å²) in [7, 11) is 3.10. The number of ether oxygens (including phenoxy) is 2. The van der Waals surface area contributed by atoms with Gasteiger partial charge in [0.25, 0.3) is 5.91 Å². The summed E-state index contributed by atoms with van der Waals surface area (Å²) in [6.07, 6.45) is 0. The van der Waals surface area contributed by atoms with Gasteiger partial charge in [0, 0.05) is 16.6 Å². The number of rotatable bonds is 4. The largest absolute Gasteiger partial charge is 0.493 e. The molecule has 0 aliphatic rings. The van der Waals surface area contributed by atoms with E-state index in [1.165, 1.54) is 29.5 Å². The Morgan fingerprint density at radius 1 is 1.21 bits per heavy atom. The molecule has 0 atom stereocenters. The molecule has 5 nitrogen and oxygen atoms in total. The molecule has 0 unspecified atom stereocenters. The molecule has 1 aromatic heterocycles. The first-order valence-corrected chi connectivity index (χ1v) is 8.41. The maximum atomic E-state index is 13.1. The average molecular weight is 411 g/mol. The van der Waals surface area contributed by atoms with Crippen molar-refractivity contribution in [1.82, 2.24) is 4.98 Å². The summed E-state index contributed by atoms with van der Waals surface area (Å²) in [6.45, 7) is 0. The van der Waals surface area contributed by atoms with Gasteiger partial charge in [-0.1, -0.05) is 11.3 Å². The van der Waals surface area contributed by atoms with Crippen LogP contribution in [0.5, 0.6) is 11.5 Å². The number of methoxy groups -OCH3 is 2. The number of halogens is 2. The summed E-state index contributed by atoms with van der Waals surface area (Å²) in [5.74, 6) is 0.361. The van der Waals surface area contributed by atoms with Crippen LogP contribution in [0.3, 0.4) is 0 Å². The van der Waals surface area contributed by atoms with Crippen LogP contribution >= 0.6 is 27.3 Å². The first-order chi connectivity index (χ1) is 11.5. The van der Waals surface area contributed by atoms with E-state index >= 15 is 0 Å². The van der Waals surface area contributed by atoms with Crippen molar-refractivity contribution >= 4 is 48.5 Å². The molecular formula is C16H12BrFN2O3S. The molecule has 0 saturated carbocycles. The van der Waals surface area contributed by atoms with Gasteiger partial charge in [0.15, 0.2) is 16.6 Å². The number of benzene rings is 2. The lowest BCUT2D eigenvalue weighted by Crippen LogP contribution is -2.12. The summed E-state index contributed by atoms with van der Waals surface area (Å²) < 4.78 is 24.8. The summed E-state index contributed by atoms with van der Waals surface area (Å²) in [5, 5.41) is 3.15. The first kappa shape index (κ1) is 16.7. The topological polar surface area (TPSA) is 60.5 Å². The van der Waals surface area contributed by atoms with Crippen LogP contribution in [-0.2, 0) is 0 Å². The molecule has 2 aromatic carbocycles. The number of anilines is 1. The zero-order chi connectivity index (χ0) is 17.3. The van der Waals surface area contributed by atoms with Gasteiger partial charge in [-0.25, -0.2) is 9.37 Å². The van der Waals surface area contributed by atoms with Crippen LogP contribution < -0.4 is 14.8 Å². The van der Waals surface area contributed by atoms with Crippen molar-refractivity contribution in [2.75, 3.05) is 19.5 Å². The highest BCUT2D eigenvalue weighted by Crippen LogP contribution is 2.36. The van der Waals surface area contributed by atoms with Crippen LogP contribution in [0.1, 0.15) is 10.4 Å². The van der Waals surface area contributed by atoms with Gasteiger partial charge < -0.3 is 9.47 Å². The molecule has 124 valence electrons. The molecular weight excluding hydrogens is 399 g/mol. The van der Waals surface area contributed by atoms with E-state index in [0.29, 0.717) is 32.2 Å². The second-order valence-electron chi connectivity index (χ2n) is 4.77. The van der Waals surface area contributed by atoms with E-state index in [4.69, 9.17) is 9.47 Å². The van der Waals surface area contributed by atoms with Crippen LogP contribution in [0.25, 0.3) is 10.2 Å². The van der Waals surface area contributed by atoms with Gasteiger partial charge in [-0.05, 0) is 34.1 Å². The molecule has 1 N–H and O–H groups in total. The van der Waals surface area contributed by atoms with E-state index in [0.717, 1.165) is 4.70 Å². The second-order valence-corrected chi connectivity index (χ2v) is 6.66. The number of hydrogen-bond donors (Lipinski definition) is 1. The van der Waals surface area contributed by atoms with Crippen LogP contribution in [0.2, 0.25) is 0 Å². The first-order valence-electron chi connectivity index (χ1n) is 6.81. The molecule has 0 radical (unpaired) electrons. The van der Waals surface area contributed by atoms with E-state index in [2.05, 4.69) is 26.2 Å². The molecule has 0 aliphatic carbocycles. The fourth-order valence-corrected chi connectivity index (χ4v) is 3.55. The Bertz CT molecular complexity index is 888. The normalized spacial score (nSPS) is 10.7. The molecule has 3 rings (SSSR count). The molecule has 24 heavy (non-hydrogen) atoms. The lowest BCUT2D eigenvalue weighted by molar-refractivity contribution is 0.102. The minimum Gasteiger partial charge on any atom is -0.493 e. The number of carbonyl (C=O) groups excluding carboxylic acids is 1. The van der Waals surface area contributed by atoms with Crippen LogP contribution in [0.4, 0.5) is 9.52 Å².